The van der Waals surface area contributed by atoms with E-state index in [-0.39, 0.29) is 5.91 Å². The lowest BCUT2D eigenvalue weighted by Gasteiger charge is -2.15. The Hall–Kier alpha value is -2.66. The molecule has 0 saturated carbocycles. The van der Waals surface area contributed by atoms with Crippen molar-refractivity contribution in [2.45, 2.75) is 6.42 Å². The minimum Gasteiger partial charge on any atom is -0.494 e. The molecule has 3 rings (SSSR count). The molecule has 0 spiro atoms. The van der Waals surface area contributed by atoms with Crippen LogP contribution in [0, 0.1) is 0 Å². The minimum absolute atomic E-state index is 0.0287. The molecule has 0 N–H and O–H groups in total. The van der Waals surface area contributed by atoms with Gasteiger partial charge in [0.15, 0.2) is 0 Å². The van der Waals surface area contributed by atoms with Gasteiger partial charge >= 0.3 is 0 Å². The highest BCUT2D eigenvalue weighted by Gasteiger charge is 2.06. The summed E-state index contributed by atoms with van der Waals surface area (Å²) in [6, 6.07) is 17.7. The molecule has 0 radical (unpaired) electrons. The van der Waals surface area contributed by atoms with Crippen LogP contribution in [0.3, 0.4) is 0 Å². The number of nitrogens with zero attached hydrogens (tertiary/aromatic N) is 2. The Morgan fingerprint density at radius 2 is 1.92 bits per heavy atom. The average Bonchev–Trinajstić information content (AvgIpc) is 3.07. The zero-order valence-electron chi connectivity index (χ0n) is 14.1. The fourth-order valence-corrected chi connectivity index (χ4v) is 3.22. The summed E-state index contributed by atoms with van der Waals surface area (Å²) >= 11 is 1.58. The molecule has 25 heavy (non-hydrogen) atoms. The SMILES string of the molecule is CN(CCCOc1ccccc1)C(=O)/C=C/c1nc2ccccc2s1. The van der Waals surface area contributed by atoms with Gasteiger partial charge in [0.1, 0.15) is 10.8 Å². The van der Waals surface area contributed by atoms with Gasteiger partial charge in [-0.25, -0.2) is 4.98 Å². The summed E-state index contributed by atoms with van der Waals surface area (Å²) in [6.07, 6.45) is 4.14. The number of rotatable bonds is 7. The van der Waals surface area contributed by atoms with E-state index in [1.165, 1.54) is 0 Å². The molecule has 0 saturated heterocycles. The Labute approximate surface area is 151 Å². The predicted molar refractivity (Wildman–Crippen MR) is 103 cm³/mol. The molecule has 0 atom stereocenters. The predicted octanol–water partition coefficient (Wildman–Crippen LogP) is 4.24. The molecule has 128 valence electrons. The van der Waals surface area contributed by atoms with E-state index in [0.717, 1.165) is 27.4 Å². The smallest absolute Gasteiger partial charge is 0.246 e. The van der Waals surface area contributed by atoms with Crippen molar-refractivity contribution in [1.82, 2.24) is 9.88 Å². The van der Waals surface area contributed by atoms with Gasteiger partial charge < -0.3 is 9.64 Å². The number of benzene rings is 2. The van der Waals surface area contributed by atoms with Gasteiger partial charge in [-0.2, -0.15) is 0 Å². The molecule has 1 amide bonds. The number of para-hydroxylation sites is 2. The van der Waals surface area contributed by atoms with Crippen molar-refractivity contribution in [2.75, 3.05) is 20.2 Å². The van der Waals surface area contributed by atoms with Crippen LogP contribution in [0.1, 0.15) is 11.4 Å². The standard InChI is InChI=1S/C20H20N2O2S/c1-22(14-7-15-24-16-8-3-2-4-9-16)20(23)13-12-19-21-17-10-5-6-11-18(17)25-19/h2-6,8-13H,7,14-15H2,1H3/b13-12+. The Balaban J connectivity index is 1.45. The van der Waals surface area contributed by atoms with Crippen molar-refractivity contribution in [3.05, 3.63) is 65.7 Å². The first kappa shape index (κ1) is 17.2. The van der Waals surface area contributed by atoms with Crippen LogP contribution in [0.4, 0.5) is 0 Å². The first-order valence-electron chi connectivity index (χ1n) is 8.19. The molecular weight excluding hydrogens is 332 g/mol. The normalized spacial score (nSPS) is 11.1. The molecule has 0 aliphatic rings. The second-order valence-corrected chi connectivity index (χ2v) is 6.69. The molecule has 0 aliphatic carbocycles. The third kappa shape index (κ3) is 4.90. The Kier molecular flexibility index (Phi) is 5.80. The monoisotopic (exact) mass is 352 g/mol. The summed E-state index contributed by atoms with van der Waals surface area (Å²) in [7, 11) is 1.80. The van der Waals surface area contributed by atoms with E-state index in [1.807, 2.05) is 54.6 Å². The summed E-state index contributed by atoms with van der Waals surface area (Å²) in [6.45, 7) is 1.24. The quantitative estimate of drug-likeness (QED) is 0.472. The van der Waals surface area contributed by atoms with Crippen LogP contribution >= 0.6 is 11.3 Å². The van der Waals surface area contributed by atoms with E-state index in [4.69, 9.17) is 4.74 Å². The number of hydrogen-bond donors (Lipinski definition) is 0. The highest BCUT2D eigenvalue weighted by molar-refractivity contribution is 7.19. The lowest BCUT2D eigenvalue weighted by atomic mass is 10.3. The van der Waals surface area contributed by atoms with Gasteiger partial charge in [0, 0.05) is 19.7 Å². The van der Waals surface area contributed by atoms with Gasteiger partial charge in [-0.05, 0) is 36.8 Å². The van der Waals surface area contributed by atoms with Crippen LogP contribution in [0.5, 0.6) is 5.75 Å². The number of carbonyl (C=O) groups is 1. The van der Waals surface area contributed by atoms with E-state index < -0.39 is 0 Å². The topological polar surface area (TPSA) is 42.4 Å². The van der Waals surface area contributed by atoms with Crippen molar-refractivity contribution in [1.29, 1.82) is 0 Å². The van der Waals surface area contributed by atoms with E-state index in [2.05, 4.69) is 4.98 Å². The molecule has 0 bridgehead atoms. The zero-order valence-corrected chi connectivity index (χ0v) is 14.9. The summed E-state index contributed by atoms with van der Waals surface area (Å²) in [5.41, 5.74) is 0.964. The van der Waals surface area contributed by atoms with Gasteiger partial charge in [-0.1, -0.05) is 30.3 Å². The van der Waals surface area contributed by atoms with Crippen LogP contribution < -0.4 is 4.74 Å². The molecule has 1 aromatic heterocycles. The molecule has 4 nitrogen and oxygen atoms in total. The number of ether oxygens (including phenoxy) is 1. The Morgan fingerprint density at radius 3 is 2.72 bits per heavy atom. The third-order valence-corrected chi connectivity index (χ3v) is 4.71. The number of thiazole rings is 1. The van der Waals surface area contributed by atoms with Gasteiger partial charge in [-0.3, -0.25) is 4.79 Å². The molecule has 5 heteroatoms. The second kappa shape index (κ2) is 8.44. The average molecular weight is 352 g/mol. The van der Waals surface area contributed by atoms with Crippen molar-refractivity contribution in [2.24, 2.45) is 0 Å². The van der Waals surface area contributed by atoms with Gasteiger partial charge in [0.2, 0.25) is 5.91 Å². The van der Waals surface area contributed by atoms with Crippen LogP contribution in [-0.2, 0) is 4.79 Å². The summed E-state index contributed by atoms with van der Waals surface area (Å²) in [4.78, 5) is 18.4. The number of likely N-dealkylation sites (N-methyl/N-ethyl adjacent to an activating group) is 1. The lowest BCUT2D eigenvalue weighted by Crippen LogP contribution is -2.26. The Bertz CT molecular complexity index is 825. The number of carbonyl (C=O) groups excluding carboxylic acids is 1. The fraction of sp³-hybridized carbons (Fsp3) is 0.200. The number of hydrogen-bond acceptors (Lipinski definition) is 4. The van der Waals surface area contributed by atoms with Gasteiger partial charge in [0.05, 0.1) is 16.8 Å². The summed E-state index contributed by atoms with van der Waals surface area (Å²) in [5, 5.41) is 0.843. The lowest BCUT2D eigenvalue weighted by molar-refractivity contribution is -0.124. The fourth-order valence-electron chi connectivity index (χ4n) is 2.35. The van der Waals surface area contributed by atoms with Gasteiger partial charge in [-0.15, -0.1) is 11.3 Å². The molecule has 3 aromatic rings. The van der Waals surface area contributed by atoms with E-state index in [1.54, 1.807) is 35.4 Å². The van der Waals surface area contributed by atoms with Crippen LogP contribution in [0.15, 0.2) is 60.7 Å². The van der Waals surface area contributed by atoms with Crippen molar-refractivity contribution < 1.29 is 9.53 Å². The first-order valence-corrected chi connectivity index (χ1v) is 9.00. The molecule has 1 heterocycles. The zero-order chi connectivity index (χ0) is 17.5. The van der Waals surface area contributed by atoms with E-state index >= 15 is 0 Å². The van der Waals surface area contributed by atoms with Crippen LogP contribution in [0.25, 0.3) is 16.3 Å². The maximum absolute atomic E-state index is 12.2. The summed E-state index contributed by atoms with van der Waals surface area (Å²) in [5.74, 6) is 0.825. The number of fused-ring (bicyclic) bond motifs is 1. The number of amides is 1. The van der Waals surface area contributed by atoms with Crippen molar-refractivity contribution in [3.8, 4) is 5.75 Å². The maximum Gasteiger partial charge on any atom is 0.246 e. The van der Waals surface area contributed by atoms with Crippen LogP contribution in [0.2, 0.25) is 0 Å². The highest BCUT2D eigenvalue weighted by atomic mass is 32.1. The van der Waals surface area contributed by atoms with E-state index in [9.17, 15) is 4.79 Å². The largest absolute Gasteiger partial charge is 0.494 e. The minimum atomic E-state index is -0.0287. The van der Waals surface area contributed by atoms with Gasteiger partial charge in [0.25, 0.3) is 0 Å². The second-order valence-electron chi connectivity index (χ2n) is 5.63. The maximum atomic E-state index is 12.2. The molecule has 2 aromatic carbocycles. The summed E-state index contributed by atoms with van der Waals surface area (Å²) < 4.78 is 6.76. The van der Waals surface area contributed by atoms with Crippen LogP contribution in [-0.4, -0.2) is 36.0 Å². The third-order valence-electron chi connectivity index (χ3n) is 3.70. The van der Waals surface area contributed by atoms with Crippen molar-refractivity contribution in [3.63, 3.8) is 0 Å². The number of aromatic nitrogens is 1. The van der Waals surface area contributed by atoms with E-state index in [0.29, 0.717) is 13.2 Å². The highest BCUT2D eigenvalue weighted by Crippen LogP contribution is 2.22. The molecule has 0 unspecified atom stereocenters. The molecule has 0 fully saturated rings. The molecular formula is C20H20N2O2S. The first-order chi connectivity index (χ1) is 12.2. The Morgan fingerprint density at radius 1 is 1.16 bits per heavy atom. The van der Waals surface area contributed by atoms with Crippen molar-refractivity contribution >= 4 is 33.5 Å². The molecule has 0 aliphatic heterocycles.